The lowest BCUT2D eigenvalue weighted by Gasteiger charge is -2.21. The second-order valence-electron chi connectivity index (χ2n) is 5.50. The fourth-order valence-electron chi connectivity index (χ4n) is 2.94. The zero-order valence-corrected chi connectivity index (χ0v) is 12.6. The molecule has 5 nitrogen and oxygen atoms in total. The van der Waals surface area contributed by atoms with Crippen molar-refractivity contribution >= 4 is 15.5 Å². The lowest BCUT2D eigenvalue weighted by Crippen LogP contribution is -2.34. The molecule has 0 bridgehead atoms. The van der Waals surface area contributed by atoms with E-state index in [4.69, 9.17) is 4.42 Å². The van der Waals surface area contributed by atoms with Crippen molar-refractivity contribution in [2.45, 2.75) is 30.6 Å². The molecule has 1 fully saturated rings. The smallest absolute Gasteiger partial charge is 0.181 e. The monoisotopic (exact) mass is 306 g/mol. The number of anilines is 1. The predicted octanol–water partition coefficient (Wildman–Crippen LogP) is 2.72. The van der Waals surface area contributed by atoms with Crippen LogP contribution in [0.2, 0.25) is 0 Å². The maximum Gasteiger partial charge on any atom is 0.181 e. The van der Waals surface area contributed by atoms with Gasteiger partial charge < -0.3 is 9.73 Å². The Balaban J connectivity index is 1.81. The molecule has 2 aromatic rings. The predicted molar refractivity (Wildman–Crippen MR) is 81.8 cm³/mol. The van der Waals surface area contributed by atoms with Crippen LogP contribution in [0.1, 0.15) is 19.3 Å². The minimum Gasteiger partial charge on any atom is -0.444 e. The molecular weight excluding hydrogens is 288 g/mol. The third-order valence-corrected chi connectivity index (χ3v) is 5.60. The van der Waals surface area contributed by atoms with Crippen LogP contribution < -0.4 is 5.32 Å². The highest BCUT2D eigenvalue weighted by Crippen LogP contribution is 2.29. The second-order valence-corrected chi connectivity index (χ2v) is 7.76. The Morgan fingerprint density at radius 3 is 2.90 bits per heavy atom. The first-order valence-corrected chi connectivity index (χ1v) is 8.94. The zero-order valence-electron chi connectivity index (χ0n) is 11.8. The summed E-state index contributed by atoms with van der Waals surface area (Å²) in [6.45, 7) is 0. The van der Waals surface area contributed by atoms with Gasteiger partial charge in [0.25, 0.3) is 0 Å². The average Bonchev–Trinajstić information content (AvgIpc) is 3.09. The topological polar surface area (TPSA) is 72.2 Å². The van der Waals surface area contributed by atoms with Crippen molar-refractivity contribution in [1.29, 1.82) is 0 Å². The number of nitrogens with zero attached hydrogens (tertiary/aromatic N) is 1. The summed E-state index contributed by atoms with van der Waals surface area (Å²) < 4.78 is 28.9. The fourth-order valence-corrected chi connectivity index (χ4v) is 4.33. The van der Waals surface area contributed by atoms with E-state index in [1.165, 1.54) is 12.6 Å². The lowest BCUT2D eigenvalue weighted by atomic mass is 10.1. The van der Waals surface area contributed by atoms with Gasteiger partial charge in [-0.2, -0.15) is 0 Å². The molecule has 1 aliphatic carbocycles. The Labute approximate surface area is 124 Å². The number of oxazole rings is 1. The number of aromatic nitrogens is 1. The Morgan fingerprint density at radius 2 is 2.19 bits per heavy atom. The minimum atomic E-state index is -3.02. The van der Waals surface area contributed by atoms with Crippen LogP contribution in [0.25, 0.3) is 11.3 Å². The first-order valence-electron chi connectivity index (χ1n) is 6.98. The van der Waals surface area contributed by atoms with Gasteiger partial charge in [-0.1, -0.05) is 12.1 Å². The highest BCUT2D eigenvalue weighted by Gasteiger charge is 2.34. The molecule has 0 saturated heterocycles. The van der Waals surface area contributed by atoms with E-state index < -0.39 is 9.84 Å². The summed E-state index contributed by atoms with van der Waals surface area (Å²) in [6.07, 6.45) is 6.93. The van der Waals surface area contributed by atoms with Gasteiger partial charge in [-0.25, -0.2) is 13.4 Å². The highest BCUT2D eigenvalue weighted by molar-refractivity contribution is 7.91. The molecule has 6 heteroatoms. The Hall–Kier alpha value is -1.82. The van der Waals surface area contributed by atoms with Crippen LogP contribution >= 0.6 is 0 Å². The largest absolute Gasteiger partial charge is 0.444 e. The van der Waals surface area contributed by atoms with Crippen molar-refractivity contribution in [2.24, 2.45) is 0 Å². The van der Waals surface area contributed by atoms with Crippen LogP contribution in [0, 0.1) is 0 Å². The minimum absolute atomic E-state index is 0.0232. The summed E-state index contributed by atoms with van der Waals surface area (Å²) in [5, 5.41) is 3.06. The van der Waals surface area contributed by atoms with E-state index in [0.29, 0.717) is 5.76 Å². The van der Waals surface area contributed by atoms with Gasteiger partial charge in [0.2, 0.25) is 0 Å². The molecule has 0 radical (unpaired) electrons. The van der Waals surface area contributed by atoms with Crippen LogP contribution in [-0.4, -0.2) is 30.9 Å². The number of hydrogen-bond donors (Lipinski definition) is 1. The lowest BCUT2D eigenvalue weighted by molar-refractivity contribution is 0.571. The summed E-state index contributed by atoms with van der Waals surface area (Å²) in [6, 6.07) is 7.74. The Bertz CT molecular complexity index is 710. The maximum absolute atomic E-state index is 11.8. The summed E-state index contributed by atoms with van der Waals surface area (Å²) >= 11 is 0. The Morgan fingerprint density at radius 1 is 1.33 bits per heavy atom. The summed E-state index contributed by atoms with van der Waals surface area (Å²) in [5.74, 6) is 0.699. The van der Waals surface area contributed by atoms with Crippen molar-refractivity contribution in [1.82, 2.24) is 4.98 Å². The van der Waals surface area contributed by atoms with Gasteiger partial charge in [0, 0.05) is 23.5 Å². The molecule has 0 spiro atoms. The van der Waals surface area contributed by atoms with Crippen molar-refractivity contribution < 1.29 is 12.8 Å². The molecule has 1 aromatic heterocycles. The van der Waals surface area contributed by atoms with E-state index in [0.717, 1.165) is 30.5 Å². The van der Waals surface area contributed by atoms with E-state index in [9.17, 15) is 8.42 Å². The van der Waals surface area contributed by atoms with Crippen molar-refractivity contribution in [3.8, 4) is 11.3 Å². The van der Waals surface area contributed by atoms with E-state index in [2.05, 4.69) is 10.3 Å². The van der Waals surface area contributed by atoms with Gasteiger partial charge in [-0.3, -0.25) is 0 Å². The van der Waals surface area contributed by atoms with Crippen LogP contribution in [-0.2, 0) is 9.84 Å². The van der Waals surface area contributed by atoms with Gasteiger partial charge in [0.1, 0.15) is 0 Å². The number of rotatable bonds is 4. The standard InChI is InChI=1S/C15H18N2O3S/c1-21(18,19)15-7-3-6-13(15)17-12-5-2-4-11(8-12)14-9-16-10-20-14/h2,4-5,8-10,13,15,17H,3,6-7H2,1H3. The highest BCUT2D eigenvalue weighted by atomic mass is 32.2. The molecule has 2 unspecified atom stereocenters. The van der Waals surface area contributed by atoms with Crippen LogP contribution in [0.5, 0.6) is 0 Å². The third-order valence-electron chi connectivity index (χ3n) is 3.93. The molecule has 1 N–H and O–H groups in total. The number of hydrogen-bond acceptors (Lipinski definition) is 5. The zero-order chi connectivity index (χ0) is 14.9. The molecule has 1 heterocycles. The van der Waals surface area contributed by atoms with E-state index in [1.54, 1.807) is 6.20 Å². The summed E-state index contributed by atoms with van der Waals surface area (Å²) in [4.78, 5) is 3.91. The van der Waals surface area contributed by atoms with Crippen molar-refractivity contribution in [3.05, 3.63) is 36.9 Å². The van der Waals surface area contributed by atoms with Gasteiger partial charge in [0.05, 0.1) is 11.4 Å². The van der Waals surface area contributed by atoms with Crippen molar-refractivity contribution in [2.75, 3.05) is 11.6 Å². The van der Waals surface area contributed by atoms with Crippen LogP contribution in [0.15, 0.2) is 41.3 Å². The molecule has 2 atom stereocenters. The third kappa shape index (κ3) is 3.10. The quantitative estimate of drug-likeness (QED) is 0.940. The fraction of sp³-hybridized carbons (Fsp3) is 0.400. The molecule has 1 saturated carbocycles. The normalized spacial score (nSPS) is 22.3. The van der Waals surface area contributed by atoms with E-state index >= 15 is 0 Å². The van der Waals surface area contributed by atoms with E-state index in [-0.39, 0.29) is 11.3 Å². The van der Waals surface area contributed by atoms with E-state index in [1.807, 2.05) is 24.3 Å². The molecule has 112 valence electrons. The van der Waals surface area contributed by atoms with Crippen LogP contribution in [0.4, 0.5) is 5.69 Å². The molecule has 0 amide bonds. The van der Waals surface area contributed by atoms with Gasteiger partial charge >= 0.3 is 0 Å². The SMILES string of the molecule is CS(=O)(=O)C1CCCC1Nc1cccc(-c2cnco2)c1. The van der Waals surface area contributed by atoms with Gasteiger partial charge in [-0.15, -0.1) is 0 Å². The first kappa shape index (κ1) is 14.1. The molecule has 21 heavy (non-hydrogen) atoms. The average molecular weight is 306 g/mol. The first-order chi connectivity index (χ1) is 10.0. The number of sulfone groups is 1. The molecular formula is C15H18N2O3S. The number of benzene rings is 1. The van der Waals surface area contributed by atoms with Crippen molar-refractivity contribution in [3.63, 3.8) is 0 Å². The van der Waals surface area contributed by atoms with Crippen LogP contribution in [0.3, 0.4) is 0 Å². The molecule has 1 aromatic carbocycles. The second kappa shape index (κ2) is 5.52. The Kier molecular flexibility index (Phi) is 3.71. The molecule has 1 aliphatic rings. The van der Waals surface area contributed by atoms with Gasteiger partial charge in [0.15, 0.2) is 22.0 Å². The molecule has 0 aliphatic heterocycles. The molecule has 3 rings (SSSR count). The summed E-state index contributed by atoms with van der Waals surface area (Å²) in [5.41, 5.74) is 1.83. The number of nitrogens with one attached hydrogen (secondary N) is 1. The maximum atomic E-state index is 11.8. The van der Waals surface area contributed by atoms with Gasteiger partial charge in [-0.05, 0) is 31.4 Å². The summed E-state index contributed by atoms with van der Waals surface area (Å²) in [7, 11) is -3.02.